The molecular formula is C7H16O5Si. The maximum absolute atomic E-state index is 9.25. The Morgan fingerprint density at radius 2 is 1.54 bits per heavy atom. The first-order valence-electron chi connectivity index (χ1n) is 3.46. The van der Waals surface area contributed by atoms with Gasteiger partial charge in [0.1, 0.15) is 0 Å². The van der Waals surface area contributed by atoms with E-state index in [1.165, 1.54) is 0 Å². The fraction of sp³-hybridized carbons (Fsp3) is 0.571. The Hall–Kier alpha value is -0.693. The topological polar surface area (TPSA) is 65.0 Å². The molecule has 0 aromatic carbocycles. The summed E-state index contributed by atoms with van der Waals surface area (Å²) in [5, 5.41) is 7.60. The van der Waals surface area contributed by atoms with E-state index in [0.29, 0.717) is 0 Å². The molecule has 0 fully saturated rings. The molecule has 0 rings (SSSR count). The highest BCUT2D eigenvalue weighted by molar-refractivity contribution is 6.58. The van der Waals surface area contributed by atoms with Gasteiger partial charge in [-0.25, -0.2) is 4.79 Å². The molecule has 0 aromatic heterocycles. The minimum absolute atomic E-state index is 0.833. The minimum Gasteiger partial charge on any atom is -0.478 e. The molecule has 0 unspecified atom stereocenters. The zero-order valence-corrected chi connectivity index (χ0v) is 9.36. The molecule has 0 spiro atoms. The highest BCUT2D eigenvalue weighted by Gasteiger charge is 2.29. The summed E-state index contributed by atoms with van der Waals surface area (Å²) in [4.78, 5) is 9.25. The van der Waals surface area contributed by atoms with Crippen LogP contribution in [-0.4, -0.2) is 41.2 Å². The molecular weight excluding hydrogens is 192 g/mol. The lowest BCUT2D eigenvalue weighted by Crippen LogP contribution is -2.38. The summed E-state index contributed by atoms with van der Waals surface area (Å²) in [6.07, 6.45) is 0.833. The van der Waals surface area contributed by atoms with Gasteiger partial charge in [-0.2, -0.15) is 0 Å². The largest absolute Gasteiger partial charge is 0.496 e. The second kappa shape index (κ2) is 7.93. The van der Waals surface area contributed by atoms with Gasteiger partial charge < -0.3 is 18.4 Å². The van der Waals surface area contributed by atoms with Crippen LogP contribution in [0.3, 0.4) is 0 Å². The SMILES string of the molecule is C=CC(=O)O.CO[Si](C)(OC)OC. The van der Waals surface area contributed by atoms with Gasteiger partial charge in [-0.1, -0.05) is 6.58 Å². The van der Waals surface area contributed by atoms with Crippen LogP contribution in [0.25, 0.3) is 0 Å². The van der Waals surface area contributed by atoms with Crippen LogP contribution >= 0.6 is 0 Å². The molecule has 0 aromatic rings. The van der Waals surface area contributed by atoms with Gasteiger partial charge in [0.2, 0.25) is 0 Å². The van der Waals surface area contributed by atoms with Crippen molar-refractivity contribution in [2.75, 3.05) is 21.3 Å². The quantitative estimate of drug-likeness (QED) is 0.545. The van der Waals surface area contributed by atoms with Crippen LogP contribution < -0.4 is 0 Å². The van der Waals surface area contributed by atoms with Gasteiger partial charge >= 0.3 is 14.8 Å². The molecule has 13 heavy (non-hydrogen) atoms. The summed E-state index contributed by atoms with van der Waals surface area (Å²) in [5.74, 6) is -0.981. The predicted octanol–water partition coefficient (Wildman–Crippen LogP) is 0.751. The molecule has 0 heterocycles. The smallest absolute Gasteiger partial charge is 0.478 e. The summed E-state index contributed by atoms with van der Waals surface area (Å²) in [6, 6.07) is 0. The van der Waals surface area contributed by atoms with Crippen molar-refractivity contribution in [3.63, 3.8) is 0 Å². The van der Waals surface area contributed by atoms with Crippen molar-refractivity contribution in [3.05, 3.63) is 12.7 Å². The highest BCUT2D eigenvalue weighted by Crippen LogP contribution is 2.02. The summed E-state index contributed by atoms with van der Waals surface area (Å²) in [7, 11) is 2.58. The van der Waals surface area contributed by atoms with Gasteiger partial charge in [0.25, 0.3) is 0 Å². The predicted molar refractivity (Wildman–Crippen MR) is 50.5 cm³/mol. The molecule has 0 bridgehead atoms. The maximum atomic E-state index is 9.25. The summed E-state index contributed by atoms with van der Waals surface area (Å²) < 4.78 is 14.8. The Labute approximate surface area is 79.3 Å². The molecule has 0 atom stereocenters. The van der Waals surface area contributed by atoms with Crippen LogP contribution in [0.2, 0.25) is 6.55 Å². The van der Waals surface area contributed by atoms with Gasteiger partial charge in [0.15, 0.2) is 0 Å². The maximum Gasteiger partial charge on any atom is 0.496 e. The number of carboxylic acids is 1. The van der Waals surface area contributed by atoms with E-state index in [4.69, 9.17) is 18.4 Å². The number of hydrogen-bond donors (Lipinski definition) is 1. The monoisotopic (exact) mass is 208 g/mol. The van der Waals surface area contributed by atoms with E-state index in [-0.39, 0.29) is 0 Å². The molecule has 5 nitrogen and oxygen atoms in total. The summed E-state index contributed by atoms with van der Waals surface area (Å²) in [5.41, 5.74) is 0. The van der Waals surface area contributed by atoms with E-state index in [1.807, 2.05) is 6.55 Å². The molecule has 0 radical (unpaired) electrons. The van der Waals surface area contributed by atoms with E-state index in [0.717, 1.165) is 6.08 Å². The van der Waals surface area contributed by atoms with Crippen molar-refractivity contribution in [2.45, 2.75) is 6.55 Å². The number of carbonyl (C=O) groups is 1. The first-order chi connectivity index (χ1) is 5.95. The van der Waals surface area contributed by atoms with Crippen molar-refractivity contribution < 1.29 is 23.2 Å². The van der Waals surface area contributed by atoms with Gasteiger partial charge in [-0.3, -0.25) is 0 Å². The van der Waals surface area contributed by atoms with Gasteiger partial charge in [-0.05, 0) is 0 Å². The molecule has 0 amide bonds. The second-order valence-corrected chi connectivity index (χ2v) is 4.97. The third kappa shape index (κ3) is 9.22. The molecule has 0 aliphatic heterocycles. The molecule has 6 heteroatoms. The molecule has 78 valence electrons. The van der Waals surface area contributed by atoms with Crippen LogP contribution in [0.5, 0.6) is 0 Å². The Kier molecular flexibility index (Phi) is 9.04. The zero-order valence-electron chi connectivity index (χ0n) is 8.36. The number of aliphatic carboxylic acids is 1. The Morgan fingerprint density at radius 3 is 1.54 bits per heavy atom. The molecule has 1 N–H and O–H groups in total. The normalized spacial score (nSPS) is 9.85. The first-order valence-corrected chi connectivity index (χ1v) is 5.69. The molecule has 0 aliphatic carbocycles. The Morgan fingerprint density at radius 1 is 1.31 bits per heavy atom. The van der Waals surface area contributed by atoms with Crippen LogP contribution in [0.4, 0.5) is 0 Å². The third-order valence-corrected chi connectivity index (χ3v) is 3.51. The molecule has 0 saturated heterocycles. The van der Waals surface area contributed by atoms with Crippen molar-refractivity contribution >= 4 is 14.8 Å². The lowest BCUT2D eigenvalue weighted by molar-refractivity contribution is -0.131. The van der Waals surface area contributed by atoms with E-state index in [1.54, 1.807) is 21.3 Å². The lowest BCUT2D eigenvalue weighted by atomic mass is 10.7. The number of rotatable bonds is 4. The standard InChI is InChI=1S/C4H12O3Si.C3H4O2/c1-5-8(4,6-2)7-3;1-2-3(4)5/h1-4H3;2H,1H2,(H,4,5). The van der Waals surface area contributed by atoms with E-state index in [9.17, 15) is 4.79 Å². The Bertz CT molecular complexity index is 147. The Balaban J connectivity index is 0. The van der Waals surface area contributed by atoms with Gasteiger partial charge in [0.05, 0.1) is 0 Å². The first kappa shape index (κ1) is 14.8. The van der Waals surface area contributed by atoms with Crippen LogP contribution in [0.15, 0.2) is 12.7 Å². The van der Waals surface area contributed by atoms with E-state index >= 15 is 0 Å². The van der Waals surface area contributed by atoms with Crippen molar-refractivity contribution in [1.29, 1.82) is 0 Å². The molecule has 0 saturated carbocycles. The second-order valence-electron chi connectivity index (χ2n) is 2.02. The fourth-order valence-electron chi connectivity index (χ4n) is 0.250. The van der Waals surface area contributed by atoms with Crippen LogP contribution in [0, 0.1) is 0 Å². The summed E-state index contributed by atoms with van der Waals surface area (Å²) >= 11 is 0. The minimum atomic E-state index is -2.17. The average molecular weight is 208 g/mol. The average Bonchev–Trinajstić information content (AvgIpc) is 2.17. The third-order valence-electron chi connectivity index (χ3n) is 1.29. The summed E-state index contributed by atoms with van der Waals surface area (Å²) in [6.45, 7) is 4.79. The fourth-order valence-corrected chi connectivity index (χ4v) is 0.750. The van der Waals surface area contributed by atoms with E-state index in [2.05, 4.69) is 6.58 Å². The lowest BCUT2D eigenvalue weighted by Gasteiger charge is -2.18. The number of carboxylic acid groups (broad SMARTS) is 1. The zero-order chi connectivity index (χ0) is 10.9. The van der Waals surface area contributed by atoms with Gasteiger partial charge in [0, 0.05) is 34.0 Å². The van der Waals surface area contributed by atoms with Crippen LogP contribution in [0.1, 0.15) is 0 Å². The van der Waals surface area contributed by atoms with Crippen LogP contribution in [-0.2, 0) is 18.1 Å². The number of hydrogen-bond acceptors (Lipinski definition) is 4. The van der Waals surface area contributed by atoms with E-state index < -0.39 is 14.8 Å². The van der Waals surface area contributed by atoms with Crippen molar-refractivity contribution in [2.24, 2.45) is 0 Å². The van der Waals surface area contributed by atoms with Crippen molar-refractivity contribution in [1.82, 2.24) is 0 Å². The molecule has 0 aliphatic rings. The highest BCUT2D eigenvalue weighted by atomic mass is 28.4. The van der Waals surface area contributed by atoms with Gasteiger partial charge in [-0.15, -0.1) is 0 Å². The van der Waals surface area contributed by atoms with Crippen molar-refractivity contribution in [3.8, 4) is 0 Å².